The van der Waals surface area contributed by atoms with Crippen molar-refractivity contribution in [1.82, 2.24) is 4.57 Å². The Morgan fingerprint density at radius 1 is 1.37 bits per heavy atom. The first-order valence-electron chi connectivity index (χ1n) is 5.72. The van der Waals surface area contributed by atoms with Gasteiger partial charge in [-0.25, -0.2) is 0 Å². The van der Waals surface area contributed by atoms with Gasteiger partial charge in [0.05, 0.1) is 17.3 Å². The molecule has 1 aromatic carbocycles. The molecular formula is C14H14BrNO3. The van der Waals surface area contributed by atoms with E-state index >= 15 is 0 Å². The Bertz CT molecular complexity index is 592. The molecule has 1 aromatic heterocycles. The summed E-state index contributed by atoms with van der Waals surface area (Å²) in [5.74, 6) is 1.28. The van der Waals surface area contributed by atoms with Crippen LogP contribution in [0.15, 0.2) is 41.0 Å². The zero-order chi connectivity index (χ0) is 13.8. The van der Waals surface area contributed by atoms with Crippen molar-refractivity contribution in [3.8, 4) is 11.5 Å². The number of nitrogens with zero attached hydrogens (tertiary/aromatic N) is 1. The quantitative estimate of drug-likeness (QED) is 0.794. The topological polar surface area (TPSA) is 40.5 Å². The van der Waals surface area contributed by atoms with Gasteiger partial charge in [0.1, 0.15) is 11.5 Å². The van der Waals surface area contributed by atoms with E-state index in [0.29, 0.717) is 11.4 Å². The number of halogens is 1. The molecule has 1 heterocycles. The van der Waals surface area contributed by atoms with Gasteiger partial charge < -0.3 is 14.0 Å². The normalized spacial score (nSPS) is 10.3. The van der Waals surface area contributed by atoms with Crippen LogP contribution in [0.1, 0.15) is 10.5 Å². The number of aromatic nitrogens is 1. The van der Waals surface area contributed by atoms with E-state index in [4.69, 9.17) is 9.47 Å². The van der Waals surface area contributed by atoms with Crippen LogP contribution in [0.25, 0.3) is 0 Å². The fourth-order valence-corrected chi connectivity index (χ4v) is 2.17. The summed E-state index contributed by atoms with van der Waals surface area (Å²) < 4.78 is 13.1. The van der Waals surface area contributed by atoms with Crippen LogP contribution in [0.3, 0.4) is 0 Å². The summed E-state index contributed by atoms with van der Waals surface area (Å²) in [6.45, 7) is 0.00276. The first-order chi connectivity index (χ1) is 9.11. The molecule has 0 aliphatic heterocycles. The molecule has 0 saturated heterocycles. The summed E-state index contributed by atoms with van der Waals surface area (Å²) in [4.78, 5) is 11.9. The lowest BCUT2D eigenvalue weighted by molar-refractivity contribution is 0.0913. The molecule has 0 atom stereocenters. The van der Waals surface area contributed by atoms with Crippen LogP contribution in [0.5, 0.6) is 11.5 Å². The molecule has 0 bridgehead atoms. The molecule has 2 aromatic rings. The maximum absolute atomic E-state index is 11.9. The van der Waals surface area contributed by atoms with Crippen LogP contribution in [-0.4, -0.2) is 24.1 Å². The number of carbonyl (C=O) groups is 1. The molecule has 0 spiro atoms. The number of ether oxygens (including phenoxy) is 2. The van der Waals surface area contributed by atoms with Crippen molar-refractivity contribution in [2.24, 2.45) is 7.05 Å². The predicted molar refractivity (Wildman–Crippen MR) is 75.9 cm³/mol. The van der Waals surface area contributed by atoms with Crippen LogP contribution in [0, 0.1) is 0 Å². The first kappa shape index (κ1) is 13.7. The third kappa shape index (κ3) is 3.17. The molecule has 0 aliphatic rings. The van der Waals surface area contributed by atoms with Crippen molar-refractivity contribution in [1.29, 1.82) is 0 Å². The number of carbonyl (C=O) groups excluding carboxylic acids is 1. The van der Waals surface area contributed by atoms with Gasteiger partial charge >= 0.3 is 0 Å². The lowest BCUT2D eigenvalue weighted by Gasteiger charge is -2.09. The van der Waals surface area contributed by atoms with Crippen LogP contribution < -0.4 is 9.47 Å². The summed E-state index contributed by atoms with van der Waals surface area (Å²) in [6, 6.07) is 8.95. The second-order valence-corrected chi connectivity index (χ2v) is 4.87. The molecule has 0 fully saturated rings. The van der Waals surface area contributed by atoms with Crippen molar-refractivity contribution >= 4 is 21.7 Å². The molecule has 0 saturated carbocycles. The molecule has 0 radical (unpaired) electrons. The standard InChI is InChI=1S/C14H14BrNO3/c1-16-7-3-4-12(16)13(17)9-19-14-6-5-10(18-2)8-11(14)15/h3-8H,9H2,1-2H3. The number of hydrogen-bond acceptors (Lipinski definition) is 3. The maximum atomic E-state index is 11.9. The minimum atomic E-state index is -0.0600. The van der Waals surface area contributed by atoms with Crippen molar-refractivity contribution in [2.75, 3.05) is 13.7 Å². The average Bonchev–Trinajstić information content (AvgIpc) is 2.83. The van der Waals surface area contributed by atoms with Gasteiger partial charge in [0.25, 0.3) is 0 Å². The molecule has 100 valence electrons. The van der Waals surface area contributed by atoms with Crippen molar-refractivity contribution in [3.63, 3.8) is 0 Å². The van der Waals surface area contributed by atoms with E-state index in [0.717, 1.165) is 10.2 Å². The Morgan fingerprint density at radius 3 is 2.74 bits per heavy atom. The summed E-state index contributed by atoms with van der Waals surface area (Å²) >= 11 is 3.38. The fraction of sp³-hybridized carbons (Fsp3) is 0.214. The maximum Gasteiger partial charge on any atom is 0.216 e. The largest absolute Gasteiger partial charge is 0.497 e. The van der Waals surface area contributed by atoms with Crippen LogP contribution in [0.2, 0.25) is 0 Å². The molecule has 0 N–H and O–H groups in total. The highest BCUT2D eigenvalue weighted by Crippen LogP contribution is 2.29. The van der Waals surface area contributed by atoms with Crippen LogP contribution >= 0.6 is 15.9 Å². The second kappa shape index (κ2) is 5.93. The highest BCUT2D eigenvalue weighted by molar-refractivity contribution is 9.10. The van der Waals surface area contributed by atoms with Crippen molar-refractivity contribution in [2.45, 2.75) is 0 Å². The van der Waals surface area contributed by atoms with Gasteiger partial charge in [-0.1, -0.05) is 0 Å². The van der Waals surface area contributed by atoms with E-state index in [1.54, 1.807) is 35.9 Å². The Labute approximate surface area is 120 Å². The first-order valence-corrected chi connectivity index (χ1v) is 6.52. The Morgan fingerprint density at radius 2 is 2.16 bits per heavy atom. The minimum absolute atomic E-state index is 0.00276. The highest BCUT2D eigenvalue weighted by Gasteiger charge is 2.11. The van der Waals surface area contributed by atoms with Gasteiger partial charge in [-0.2, -0.15) is 0 Å². The Balaban J connectivity index is 2.03. The smallest absolute Gasteiger partial charge is 0.216 e. The average molecular weight is 324 g/mol. The van der Waals surface area contributed by atoms with Gasteiger partial charge in [-0.3, -0.25) is 4.79 Å². The van der Waals surface area contributed by atoms with Gasteiger partial charge in [0, 0.05) is 13.2 Å². The molecule has 2 rings (SSSR count). The second-order valence-electron chi connectivity index (χ2n) is 4.01. The lowest BCUT2D eigenvalue weighted by atomic mass is 10.3. The Kier molecular flexibility index (Phi) is 4.27. The van der Waals surface area contributed by atoms with E-state index < -0.39 is 0 Å². The molecule has 19 heavy (non-hydrogen) atoms. The number of rotatable bonds is 5. The number of methoxy groups -OCH3 is 1. The monoisotopic (exact) mass is 323 g/mol. The fourth-order valence-electron chi connectivity index (χ4n) is 1.69. The highest BCUT2D eigenvalue weighted by atomic mass is 79.9. The molecule has 0 unspecified atom stereocenters. The zero-order valence-corrected chi connectivity index (χ0v) is 12.3. The number of ketones is 1. The summed E-state index contributed by atoms with van der Waals surface area (Å²) in [6.07, 6.45) is 1.83. The van der Waals surface area contributed by atoms with Crippen molar-refractivity contribution < 1.29 is 14.3 Å². The summed E-state index contributed by atoms with van der Waals surface area (Å²) in [7, 11) is 3.43. The summed E-state index contributed by atoms with van der Waals surface area (Å²) in [5, 5.41) is 0. The number of hydrogen-bond donors (Lipinski definition) is 0. The summed E-state index contributed by atoms with van der Waals surface area (Å²) in [5.41, 5.74) is 0.629. The van der Waals surface area contributed by atoms with Gasteiger partial charge in [0.2, 0.25) is 5.78 Å². The van der Waals surface area contributed by atoms with Crippen LogP contribution in [-0.2, 0) is 7.05 Å². The van der Waals surface area contributed by atoms with E-state index in [1.807, 2.05) is 19.3 Å². The van der Waals surface area contributed by atoms with E-state index in [9.17, 15) is 4.79 Å². The zero-order valence-electron chi connectivity index (χ0n) is 10.7. The molecule has 0 aliphatic carbocycles. The number of benzene rings is 1. The molecule has 4 nitrogen and oxygen atoms in total. The van der Waals surface area contributed by atoms with Crippen molar-refractivity contribution in [3.05, 3.63) is 46.7 Å². The van der Waals surface area contributed by atoms with E-state index in [2.05, 4.69) is 15.9 Å². The van der Waals surface area contributed by atoms with Gasteiger partial charge in [-0.05, 0) is 46.3 Å². The third-order valence-corrected chi connectivity index (χ3v) is 3.35. The lowest BCUT2D eigenvalue weighted by Crippen LogP contribution is -2.14. The SMILES string of the molecule is COc1ccc(OCC(=O)c2cccn2C)c(Br)c1. The number of Topliss-reactive ketones (excluding diaryl/α,β-unsaturated/α-hetero) is 1. The Hall–Kier alpha value is -1.75. The van der Waals surface area contributed by atoms with E-state index in [-0.39, 0.29) is 12.4 Å². The van der Waals surface area contributed by atoms with Gasteiger partial charge in [0.15, 0.2) is 6.61 Å². The van der Waals surface area contributed by atoms with E-state index in [1.165, 1.54) is 0 Å². The van der Waals surface area contributed by atoms with Crippen LogP contribution in [0.4, 0.5) is 0 Å². The molecule has 0 amide bonds. The molecule has 5 heteroatoms. The minimum Gasteiger partial charge on any atom is -0.497 e. The predicted octanol–water partition coefficient (Wildman–Crippen LogP) is 3.06. The van der Waals surface area contributed by atoms with Gasteiger partial charge in [-0.15, -0.1) is 0 Å². The third-order valence-electron chi connectivity index (χ3n) is 2.73. The number of aryl methyl sites for hydroxylation is 1. The molecular weight excluding hydrogens is 310 g/mol.